The average molecular weight is 330 g/mol. The number of aryl methyl sites for hydroxylation is 1. The van der Waals surface area contributed by atoms with Gasteiger partial charge in [-0.25, -0.2) is 9.78 Å². The summed E-state index contributed by atoms with van der Waals surface area (Å²) in [5.41, 5.74) is 1.37. The third-order valence-electron chi connectivity index (χ3n) is 4.75. The predicted molar refractivity (Wildman–Crippen MR) is 93.1 cm³/mol. The van der Waals surface area contributed by atoms with Crippen LogP contribution in [0.2, 0.25) is 0 Å². The molecule has 0 aliphatic carbocycles. The molecule has 0 aromatic carbocycles. The lowest BCUT2D eigenvalue weighted by atomic mass is 9.98. The molecular formula is C18H26N4O2. The highest BCUT2D eigenvalue weighted by atomic mass is 16.5. The highest BCUT2D eigenvalue weighted by Crippen LogP contribution is 2.31. The second kappa shape index (κ2) is 7.63. The molecule has 1 aromatic heterocycles. The highest BCUT2D eigenvalue weighted by molar-refractivity contribution is 5.91. The minimum atomic E-state index is -0.459. The Morgan fingerprint density at radius 3 is 2.75 bits per heavy atom. The van der Waals surface area contributed by atoms with Gasteiger partial charge < -0.3 is 14.5 Å². The van der Waals surface area contributed by atoms with Gasteiger partial charge >= 0.3 is 5.97 Å². The Morgan fingerprint density at radius 1 is 1.50 bits per heavy atom. The van der Waals surface area contributed by atoms with Crippen molar-refractivity contribution < 1.29 is 9.53 Å². The average Bonchev–Trinajstić information content (AvgIpc) is 2.98. The Balaban J connectivity index is 2.37. The molecule has 1 aromatic rings. The number of nitrogens with zero attached hydrogens (tertiary/aromatic N) is 4. The molecule has 0 saturated carbocycles. The van der Waals surface area contributed by atoms with E-state index in [1.807, 2.05) is 0 Å². The van der Waals surface area contributed by atoms with E-state index < -0.39 is 5.97 Å². The topological polar surface area (TPSA) is 69.5 Å². The second-order valence-corrected chi connectivity index (χ2v) is 6.58. The van der Waals surface area contributed by atoms with Crippen LogP contribution in [-0.4, -0.2) is 56.2 Å². The number of carbonyl (C=O) groups is 1. The van der Waals surface area contributed by atoms with E-state index in [4.69, 9.17) is 4.74 Å². The lowest BCUT2D eigenvalue weighted by Crippen LogP contribution is -2.35. The van der Waals surface area contributed by atoms with E-state index in [9.17, 15) is 10.1 Å². The molecule has 6 nitrogen and oxygen atoms in total. The van der Waals surface area contributed by atoms with Gasteiger partial charge in [-0.1, -0.05) is 13.3 Å². The van der Waals surface area contributed by atoms with Gasteiger partial charge in [-0.15, -0.1) is 0 Å². The van der Waals surface area contributed by atoms with Gasteiger partial charge in [0.15, 0.2) is 0 Å². The van der Waals surface area contributed by atoms with Crippen molar-refractivity contribution in [2.75, 3.05) is 39.2 Å². The van der Waals surface area contributed by atoms with Crippen LogP contribution in [0.25, 0.3) is 0 Å². The summed E-state index contributed by atoms with van der Waals surface area (Å²) in [5, 5.41) is 9.51. The van der Waals surface area contributed by atoms with Gasteiger partial charge in [0.25, 0.3) is 0 Å². The van der Waals surface area contributed by atoms with Crippen molar-refractivity contribution in [3.63, 3.8) is 0 Å². The largest absolute Gasteiger partial charge is 0.465 e. The molecule has 1 aliphatic rings. The molecule has 2 atom stereocenters. The first-order valence-corrected chi connectivity index (χ1v) is 8.34. The molecule has 6 heteroatoms. The Bertz CT molecular complexity index is 651. The van der Waals surface area contributed by atoms with E-state index in [1.165, 1.54) is 7.11 Å². The van der Waals surface area contributed by atoms with Gasteiger partial charge in [-0.3, -0.25) is 0 Å². The molecule has 0 N–H and O–H groups in total. The molecule has 24 heavy (non-hydrogen) atoms. The summed E-state index contributed by atoms with van der Waals surface area (Å²) in [6.45, 7) is 5.70. The molecule has 0 bridgehead atoms. The third-order valence-corrected chi connectivity index (χ3v) is 4.75. The van der Waals surface area contributed by atoms with E-state index >= 15 is 0 Å². The zero-order chi connectivity index (χ0) is 17.9. The summed E-state index contributed by atoms with van der Waals surface area (Å²) < 4.78 is 4.77. The van der Waals surface area contributed by atoms with E-state index in [0.29, 0.717) is 34.6 Å². The molecule has 130 valence electrons. The SMILES string of the molecule is CCC[C@@H]1CN(c2nc(C)c(C(=O)OC)cc2C#N)C[C@H]1N(C)C. The van der Waals surface area contributed by atoms with Gasteiger partial charge in [0.2, 0.25) is 0 Å². The van der Waals surface area contributed by atoms with E-state index in [1.54, 1.807) is 13.0 Å². The number of hydrogen-bond acceptors (Lipinski definition) is 6. The molecular weight excluding hydrogens is 304 g/mol. The van der Waals surface area contributed by atoms with Crippen molar-refractivity contribution in [1.29, 1.82) is 5.26 Å². The molecule has 0 amide bonds. The number of aromatic nitrogens is 1. The number of carbonyl (C=O) groups excluding carboxylic acids is 1. The molecule has 0 radical (unpaired) electrons. The van der Waals surface area contributed by atoms with Crippen molar-refractivity contribution in [2.24, 2.45) is 5.92 Å². The minimum Gasteiger partial charge on any atom is -0.465 e. The van der Waals surface area contributed by atoms with Crippen LogP contribution in [0, 0.1) is 24.2 Å². The number of pyridine rings is 1. The Kier molecular flexibility index (Phi) is 5.79. The fraction of sp³-hybridized carbons (Fsp3) is 0.611. The van der Waals surface area contributed by atoms with Crippen molar-refractivity contribution in [1.82, 2.24) is 9.88 Å². The van der Waals surface area contributed by atoms with Crippen molar-refractivity contribution in [3.05, 3.63) is 22.9 Å². The van der Waals surface area contributed by atoms with E-state index in [0.717, 1.165) is 25.9 Å². The zero-order valence-corrected chi connectivity index (χ0v) is 15.2. The summed E-state index contributed by atoms with van der Waals surface area (Å²) in [6.07, 6.45) is 2.29. The second-order valence-electron chi connectivity index (χ2n) is 6.58. The number of esters is 1. The lowest BCUT2D eigenvalue weighted by molar-refractivity contribution is 0.0599. The van der Waals surface area contributed by atoms with Crippen molar-refractivity contribution >= 4 is 11.8 Å². The zero-order valence-electron chi connectivity index (χ0n) is 15.2. The van der Waals surface area contributed by atoms with Crippen LogP contribution in [0.4, 0.5) is 5.82 Å². The van der Waals surface area contributed by atoms with Gasteiger partial charge in [0.1, 0.15) is 11.9 Å². The number of nitriles is 1. The molecule has 0 unspecified atom stereocenters. The summed E-state index contributed by atoms with van der Waals surface area (Å²) >= 11 is 0. The van der Waals surface area contributed by atoms with Crippen LogP contribution in [0.1, 0.15) is 41.4 Å². The first-order chi connectivity index (χ1) is 11.4. The Labute approximate surface area is 144 Å². The van der Waals surface area contributed by atoms with Crippen molar-refractivity contribution in [2.45, 2.75) is 32.7 Å². The fourth-order valence-corrected chi connectivity index (χ4v) is 3.50. The van der Waals surface area contributed by atoms with E-state index in [2.05, 4.69) is 41.9 Å². The number of anilines is 1. The number of rotatable bonds is 5. The number of hydrogen-bond donors (Lipinski definition) is 0. The van der Waals surface area contributed by atoms with Gasteiger partial charge in [-0.2, -0.15) is 5.26 Å². The Morgan fingerprint density at radius 2 is 2.21 bits per heavy atom. The van der Waals surface area contributed by atoms with E-state index in [-0.39, 0.29) is 0 Å². The summed E-state index contributed by atoms with van der Waals surface area (Å²) in [7, 11) is 5.53. The van der Waals surface area contributed by atoms with Crippen LogP contribution in [-0.2, 0) is 4.74 Å². The summed E-state index contributed by atoms with van der Waals surface area (Å²) in [4.78, 5) is 20.8. The number of methoxy groups -OCH3 is 1. The van der Waals surface area contributed by atoms with Crippen LogP contribution >= 0.6 is 0 Å². The van der Waals surface area contributed by atoms with Crippen LogP contribution in [0.3, 0.4) is 0 Å². The molecule has 1 aliphatic heterocycles. The van der Waals surface area contributed by atoms with Crippen LogP contribution in [0.15, 0.2) is 6.07 Å². The fourth-order valence-electron chi connectivity index (χ4n) is 3.50. The third kappa shape index (κ3) is 3.51. The van der Waals surface area contributed by atoms with Crippen LogP contribution in [0.5, 0.6) is 0 Å². The standard InChI is InChI=1S/C18H26N4O2/c1-6-7-13-10-22(11-16(13)21(3)4)17-14(9-19)8-15(12(2)20-17)18(23)24-5/h8,13,16H,6-7,10-11H2,1-5H3/t13-,16-/m1/s1. The summed E-state index contributed by atoms with van der Waals surface area (Å²) in [5.74, 6) is 0.770. The van der Waals surface area contributed by atoms with Gasteiger partial charge in [-0.05, 0) is 39.4 Å². The lowest BCUT2D eigenvalue weighted by Gasteiger charge is -2.24. The minimum absolute atomic E-state index is 0.353. The quantitative estimate of drug-likeness (QED) is 0.771. The maximum absolute atomic E-state index is 11.8. The van der Waals surface area contributed by atoms with Gasteiger partial charge in [0.05, 0.1) is 23.9 Å². The molecule has 2 rings (SSSR count). The first-order valence-electron chi connectivity index (χ1n) is 8.34. The van der Waals surface area contributed by atoms with Crippen molar-refractivity contribution in [3.8, 4) is 6.07 Å². The Hall–Kier alpha value is -2.13. The number of likely N-dealkylation sites (N-methyl/N-ethyl adjacent to an activating group) is 1. The van der Waals surface area contributed by atoms with Gasteiger partial charge in [0, 0.05) is 19.1 Å². The summed E-state index contributed by atoms with van der Waals surface area (Å²) in [6, 6.07) is 4.23. The van der Waals surface area contributed by atoms with Crippen LogP contribution < -0.4 is 4.90 Å². The maximum Gasteiger partial charge on any atom is 0.339 e. The monoisotopic (exact) mass is 330 g/mol. The maximum atomic E-state index is 11.8. The smallest absolute Gasteiger partial charge is 0.339 e. The predicted octanol–water partition coefficient (Wildman–Crippen LogP) is 2.21. The molecule has 0 spiro atoms. The normalized spacial score (nSPS) is 20.3. The number of ether oxygens (including phenoxy) is 1. The molecule has 2 heterocycles. The first kappa shape index (κ1) is 18.2. The molecule has 1 fully saturated rings. The molecule has 1 saturated heterocycles. The highest BCUT2D eigenvalue weighted by Gasteiger charge is 2.35.